The summed E-state index contributed by atoms with van der Waals surface area (Å²) in [5.41, 5.74) is 3.08. The van der Waals surface area contributed by atoms with Crippen LogP contribution in [0.2, 0.25) is 0 Å². The number of benzene rings is 1. The monoisotopic (exact) mass is 415 g/mol. The van der Waals surface area contributed by atoms with Gasteiger partial charge in [-0.1, -0.05) is 12.1 Å². The maximum atomic E-state index is 12.5. The second-order valence-electron chi connectivity index (χ2n) is 7.95. The largest absolute Gasteiger partial charge is 0.383 e. The van der Waals surface area contributed by atoms with E-state index in [1.807, 2.05) is 39.0 Å². The minimum atomic E-state index is -0.0696. The first-order valence-electron chi connectivity index (χ1n) is 10.7. The third-order valence-corrected chi connectivity index (χ3v) is 5.97. The molecule has 3 rings (SSSR count). The highest BCUT2D eigenvalue weighted by molar-refractivity contribution is 5.93. The first kappa shape index (κ1) is 22.2. The number of likely N-dealkylation sites (tertiary alicyclic amines) is 1. The molecule has 1 aliphatic heterocycles. The number of carbonyl (C=O) groups is 1. The summed E-state index contributed by atoms with van der Waals surface area (Å²) in [6, 6.07) is 5.95. The smallest absolute Gasteiger partial charge is 0.345 e. The van der Waals surface area contributed by atoms with E-state index in [0.29, 0.717) is 26.2 Å². The van der Waals surface area contributed by atoms with Gasteiger partial charge in [0.2, 0.25) is 5.91 Å². The van der Waals surface area contributed by atoms with Gasteiger partial charge in [0.25, 0.3) is 0 Å². The standard InChI is InChI=1S/C22H33N5O3/c1-5-26-21(24-27(22(26)29)13-14-30-4)18-9-11-25(12-10-18)15-20(28)23-19-8-6-7-16(2)17(19)3/h6-8,18H,5,9-15H2,1-4H3,(H,23,28). The predicted octanol–water partition coefficient (Wildman–Crippen LogP) is 2.15. The minimum Gasteiger partial charge on any atom is -0.383 e. The van der Waals surface area contributed by atoms with Gasteiger partial charge in [-0.05, 0) is 63.9 Å². The van der Waals surface area contributed by atoms with Gasteiger partial charge in [-0.15, -0.1) is 0 Å². The lowest BCUT2D eigenvalue weighted by atomic mass is 9.96. The third-order valence-electron chi connectivity index (χ3n) is 5.97. The molecule has 0 saturated carbocycles. The molecule has 1 aromatic carbocycles. The van der Waals surface area contributed by atoms with Crippen molar-refractivity contribution in [3.8, 4) is 0 Å². The second-order valence-corrected chi connectivity index (χ2v) is 7.95. The third kappa shape index (κ3) is 4.99. The molecule has 1 N–H and O–H groups in total. The molecule has 2 aromatic rings. The Bertz CT molecular complexity index is 925. The molecular weight excluding hydrogens is 382 g/mol. The van der Waals surface area contributed by atoms with Crippen molar-refractivity contribution >= 4 is 11.6 Å². The number of amides is 1. The molecule has 2 heterocycles. The number of hydrogen-bond donors (Lipinski definition) is 1. The lowest BCUT2D eigenvalue weighted by Crippen LogP contribution is -2.39. The second kappa shape index (κ2) is 10.0. The summed E-state index contributed by atoms with van der Waals surface area (Å²) >= 11 is 0. The normalized spacial score (nSPS) is 15.5. The Balaban J connectivity index is 1.58. The van der Waals surface area contributed by atoms with Crippen LogP contribution in [0, 0.1) is 13.8 Å². The lowest BCUT2D eigenvalue weighted by Gasteiger charge is -2.31. The molecular formula is C22H33N5O3. The van der Waals surface area contributed by atoms with Gasteiger partial charge in [-0.3, -0.25) is 14.3 Å². The topological polar surface area (TPSA) is 81.4 Å². The van der Waals surface area contributed by atoms with Gasteiger partial charge in [0.1, 0.15) is 5.82 Å². The molecule has 0 aliphatic carbocycles. The summed E-state index contributed by atoms with van der Waals surface area (Å²) in [6.45, 7) is 9.59. The number of aromatic nitrogens is 3. The average Bonchev–Trinajstić information content (AvgIpc) is 3.05. The summed E-state index contributed by atoms with van der Waals surface area (Å²) in [4.78, 5) is 27.2. The van der Waals surface area contributed by atoms with E-state index in [4.69, 9.17) is 4.74 Å². The van der Waals surface area contributed by atoms with Crippen LogP contribution in [0.15, 0.2) is 23.0 Å². The predicted molar refractivity (Wildman–Crippen MR) is 117 cm³/mol. The van der Waals surface area contributed by atoms with Crippen molar-refractivity contribution in [2.24, 2.45) is 0 Å². The van der Waals surface area contributed by atoms with E-state index in [-0.39, 0.29) is 17.5 Å². The maximum absolute atomic E-state index is 12.5. The van der Waals surface area contributed by atoms with Crippen LogP contribution >= 0.6 is 0 Å². The first-order valence-corrected chi connectivity index (χ1v) is 10.7. The summed E-state index contributed by atoms with van der Waals surface area (Å²) in [7, 11) is 1.62. The fourth-order valence-electron chi connectivity index (χ4n) is 4.01. The van der Waals surface area contributed by atoms with Crippen LogP contribution in [0.3, 0.4) is 0 Å². The van der Waals surface area contributed by atoms with Gasteiger partial charge in [0.15, 0.2) is 0 Å². The summed E-state index contributed by atoms with van der Waals surface area (Å²) in [5.74, 6) is 1.11. The van der Waals surface area contributed by atoms with Gasteiger partial charge in [0, 0.05) is 25.3 Å². The summed E-state index contributed by atoms with van der Waals surface area (Å²) in [6.07, 6.45) is 1.77. The van der Waals surface area contributed by atoms with Gasteiger partial charge in [-0.2, -0.15) is 5.10 Å². The van der Waals surface area contributed by atoms with Crippen molar-refractivity contribution in [1.29, 1.82) is 0 Å². The van der Waals surface area contributed by atoms with E-state index in [2.05, 4.69) is 15.3 Å². The molecule has 1 aliphatic rings. The lowest BCUT2D eigenvalue weighted by molar-refractivity contribution is -0.117. The number of anilines is 1. The van der Waals surface area contributed by atoms with E-state index in [1.165, 1.54) is 10.2 Å². The fraction of sp³-hybridized carbons (Fsp3) is 0.591. The molecule has 0 bridgehead atoms. The van der Waals surface area contributed by atoms with Crippen molar-refractivity contribution in [3.05, 3.63) is 45.6 Å². The number of ether oxygens (including phenoxy) is 1. The Morgan fingerprint density at radius 2 is 2.00 bits per heavy atom. The number of rotatable bonds is 8. The van der Waals surface area contributed by atoms with Crippen LogP contribution in [0.1, 0.15) is 42.6 Å². The Hall–Kier alpha value is -2.45. The van der Waals surface area contributed by atoms with Crippen LogP contribution in [-0.2, 0) is 22.6 Å². The van der Waals surface area contributed by atoms with Crippen LogP contribution in [0.25, 0.3) is 0 Å². The van der Waals surface area contributed by atoms with E-state index >= 15 is 0 Å². The van der Waals surface area contributed by atoms with Crippen molar-refractivity contribution in [3.63, 3.8) is 0 Å². The van der Waals surface area contributed by atoms with Crippen molar-refractivity contribution in [2.75, 3.05) is 38.7 Å². The highest BCUT2D eigenvalue weighted by Gasteiger charge is 2.27. The molecule has 0 spiro atoms. The van der Waals surface area contributed by atoms with Crippen molar-refractivity contribution in [2.45, 2.75) is 52.6 Å². The maximum Gasteiger partial charge on any atom is 0.345 e. The molecule has 1 fully saturated rings. The Labute approximate surface area is 177 Å². The number of carbonyl (C=O) groups excluding carboxylic acids is 1. The minimum absolute atomic E-state index is 0.0106. The molecule has 0 radical (unpaired) electrons. The summed E-state index contributed by atoms with van der Waals surface area (Å²) in [5, 5.41) is 7.63. The molecule has 0 unspecified atom stereocenters. The highest BCUT2D eigenvalue weighted by atomic mass is 16.5. The van der Waals surface area contributed by atoms with E-state index in [0.717, 1.165) is 43.0 Å². The Kier molecular flexibility index (Phi) is 7.44. The van der Waals surface area contributed by atoms with Crippen LogP contribution in [0.5, 0.6) is 0 Å². The van der Waals surface area contributed by atoms with Crippen LogP contribution in [-0.4, -0.2) is 58.5 Å². The molecule has 1 saturated heterocycles. The highest BCUT2D eigenvalue weighted by Crippen LogP contribution is 2.26. The van der Waals surface area contributed by atoms with Gasteiger partial charge in [0.05, 0.1) is 19.7 Å². The van der Waals surface area contributed by atoms with Crippen molar-refractivity contribution in [1.82, 2.24) is 19.2 Å². The Morgan fingerprint density at radius 3 is 2.67 bits per heavy atom. The zero-order chi connectivity index (χ0) is 21.7. The fourth-order valence-corrected chi connectivity index (χ4v) is 4.01. The van der Waals surface area contributed by atoms with E-state index < -0.39 is 0 Å². The van der Waals surface area contributed by atoms with Gasteiger partial charge in [-0.25, -0.2) is 9.48 Å². The molecule has 8 heteroatoms. The zero-order valence-corrected chi connectivity index (χ0v) is 18.5. The number of hydrogen-bond acceptors (Lipinski definition) is 5. The molecule has 8 nitrogen and oxygen atoms in total. The van der Waals surface area contributed by atoms with E-state index in [1.54, 1.807) is 11.7 Å². The number of nitrogens with one attached hydrogen (secondary N) is 1. The zero-order valence-electron chi connectivity index (χ0n) is 18.5. The summed E-state index contributed by atoms with van der Waals surface area (Å²) < 4.78 is 8.36. The van der Waals surface area contributed by atoms with Gasteiger partial charge < -0.3 is 10.1 Å². The first-order chi connectivity index (χ1) is 14.4. The number of methoxy groups -OCH3 is 1. The number of nitrogens with zero attached hydrogens (tertiary/aromatic N) is 4. The SMILES string of the molecule is CCn1c(C2CCN(CC(=O)Nc3cccc(C)c3C)CC2)nn(CCOC)c1=O. The number of aryl methyl sites for hydroxylation is 1. The Morgan fingerprint density at radius 1 is 1.27 bits per heavy atom. The molecule has 1 amide bonds. The average molecular weight is 416 g/mol. The van der Waals surface area contributed by atoms with E-state index in [9.17, 15) is 9.59 Å². The molecule has 0 atom stereocenters. The van der Waals surface area contributed by atoms with Crippen molar-refractivity contribution < 1.29 is 9.53 Å². The molecule has 30 heavy (non-hydrogen) atoms. The molecule has 1 aromatic heterocycles. The number of piperidine rings is 1. The van der Waals surface area contributed by atoms with Crippen LogP contribution in [0.4, 0.5) is 5.69 Å². The van der Waals surface area contributed by atoms with Crippen LogP contribution < -0.4 is 11.0 Å². The van der Waals surface area contributed by atoms with Gasteiger partial charge >= 0.3 is 5.69 Å². The quantitative estimate of drug-likeness (QED) is 0.714. The molecule has 164 valence electrons.